The Labute approximate surface area is 153 Å². The Morgan fingerprint density at radius 3 is 2.92 bits per heavy atom. The fourth-order valence-electron chi connectivity index (χ4n) is 3.04. The first kappa shape index (κ1) is 17.7. The van der Waals surface area contributed by atoms with Crippen molar-refractivity contribution in [2.75, 3.05) is 6.54 Å². The lowest BCUT2D eigenvalue weighted by molar-refractivity contribution is 0.0694. The van der Waals surface area contributed by atoms with Crippen molar-refractivity contribution < 1.29 is 4.74 Å². The van der Waals surface area contributed by atoms with Gasteiger partial charge in [-0.2, -0.15) is 0 Å². The highest BCUT2D eigenvalue weighted by Crippen LogP contribution is 2.39. The van der Waals surface area contributed by atoms with E-state index in [0.29, 0.717) is 6.54 Å². The molecule has 1 atom stereocenters. The molecule has 1 unspecified atom stereocenters. The summed E-state index contributed by atoms with van der Waals surface area (Å²) in [5.41, 5.74) is 0.966. The average Bonchev–Trinajstić information content (AvgIpc) is 2.97. The van der Waals surface area contributed by atoms with Crippen LogP contribution in [-0.2, 0) is 6.54 Å². The summed E-state index contributed by atoms with van der Waals surface area (Å²) in [4.78, 5) is 10.3. The minimum atomic E-state index is -0.213. The molecular formula is C19H26N4OS. The summed E-state index contributed by atoms with van der Waals surface area (Å²) in [5.74, 6) is 1.76. The molecular weight excluding hydrogens is 332 g/mol. The predicted molar refractivity (Wildman–Crippen MR) is 103 cm³/mol. The van der Waals surface area contributed by atoms with Crippen molar-refractivity contribution in [3.8, 4) is 5.75 Å². The van der Waals surface area contributed by atoms with Crippen LogP contribution in [0.5, 0.6) is 5.75 Å². The first-order valence-corrected chi connectivity index (χ1v) is 9.52. The first-order chi connectivity index (χ1) is 12.0. The van der Waals surface area contributed by atoms with E-state index < -0.39 is 0 Å². The summed E-state index contributed by atoms with van der Waals surface area (Å²) < 4.78 is 6.11. The Morgan fingerprint density at radius 2 is 2.20 bits per heavy atom. The van der Waals surface area contributed by atoms with Crippen LogP contribution in [-0.4, -0.2) is 23.1 Å². The second-order valence-electron chi connectivity index (χ2n) is 6.86. The molecule has 2 N–H and O–H groups in total. The summed E-state index contributed by atoms with van der Waals surface area (Å²) in [6.07, 6.45) is 2.78. The van der Waals surface area contributed by atoms with Crippen LogP contribution in [0, 0.1) is 6.92 Å². The Hall–Kier alpha value is -2.08. The standard InChI is InChI=1S/C19H26N4OS/c1-5-20-18(22-12-17-21-11-13(2)25-17)23-15-10-19(3,4)24-16-9-7-6-8-14(15)16/h6-9,11,15H,5,10,12H2,1-4H3,(H2,20,22,23). The van der Waals surface area contributed by atoms with E-state index in [1.807, 2.05) is 18.3 Å². The maximum Gasteiger partial charge on any atom is 0.192 e. The molecule has 0 amide bonds. The van der Waals surface area contributed by atoms with Crippen molar-refractivity contribution in [3.63, 3.8) is 0 Å². The number of aliphatic imine (C=N–C) groups is 1. The van der Waals surface area contributed by atoms with Crippen LogP contribution in [0.25, 0.3) is 0 Å². The number of para-hydroxylation sites is 1. The van der Waals surface area contributed by atoms with Gasteiger partial charge in [-0.05, 0) is 33.8 Å². The maximum atomic E-state index is 6.11. The number of nitrogens with zero attached hydrogens (tertiary/aromatic N) is 2. The Bertz CT molecular complexity index is 753. The van der Waals surface area contributed by atoms with E-state index in [1.54, 1.807) is 11.3 Å². The molecule has 5 nitrogen and oxygen atoms in total. The normalized spacial score (nSPS) is 19.0. The molecule has 0 saturated heterocycles. The van der Waals surface area contributed by atoms with Crippen LogP contribution in [0.1, 0.15) is 48.7 Å². The average molecular weight is 359 g/mol. The number of nitrogens with one attached hydrogen (secondary N) is 2. The monoisotopic (exact) mass is 358 g/mol. The number of ether oxygens (including phenoxy) is 1. The zero-order chi connectivity index (χ0) is 17.9. The van der Waals surface area contributed by atoms with Crippen LogP contribution in [0.4, 0.5) is 0 Å². The van der Waals surface area contributed by atoms with Crippen molar-refractivity contribution in [2.24, 2.45) is 4.99 Å². The van der Waals surface area contributed by atoms with Crippen LogP contribution in [0.2, 0.25) is 0 Å². The van der Waals surface area contributed by atoms with Crippen molar-refractivity contribution >= 4 is 17.3 Å². The van der Waals surface area contributed by atoms with E-state index in [0.717, 1.165) is 29.7 Å². The van der Waals surface area contributed by atoms with Crippen LogP contribution >= 0.6 is 11.3 Å². The van der Waals surface area contributed by atoms with Gasteiger partial charge in [-0.15, -0.1) is 11.3 Å². The number of hydrogen-bond acceptors (Lipinski definition) is 4. The molecule has 3 rings (SSSR count). The van der Waals surface area contributed by atoms with Gasteiger partial charge in [0.15, 0.2) is 5.96 Å². The van der Waals surface area contributed by atoms with Gasteiger partial charge >= 0.3 is 0 Å². The zero-order valence-electron chi connectivity index (χ0n) is 15.3. The summed E-state index contributed by atoms with van der Waals surface area (Å²) in [5, 5.41) is 7.95. The summed E-state index contributed by atoms with van der Waals surface area (Å²) in [6.45, 7) is 9.79. The molecule has 134 valence electrons. The maximum absolute atomic E-state index is 6.11. The fraction of sp³-hybridized carbons (Fsp3) is 0.474. The van der Waals surface area contributed by atoms with E-state index in [-0.39, 0.29) is 11.6 Å². The van der Waals surface area contributed by atoms with Gasteiger partial charge in [-0.1, -0.05) is 18.2 Å². The molecule has 25 heavy (non-hydrogen) atoms. The number of hydrogen-bond donors (Lipinski definition) is 2. The molecule has 0 spiro atoms. The number of aryl methyl sites for hydroxylation is 1. The second kappa shape index (κ2) is 7.44. The van der Waals surface area contributed by atoms with Crippen LogP contribution < -0.4 is 15.4 Å². The fourth-order valence-corrected chi connectivity index (χ4v) is 3.75. The van der Waals surface area contributed by atoms with Crippen molar-refractivity contribution in [1.82, 2.24) is 15.6 Å². The van der Waals surface area contributed by atoms with E-state index >= 15 is 0 Å². The molecule has 0 radical (unpaired) electrons. The van der Waals surface area contributed by atoms with Gasteiger partial charge in [0.25, 0.3) is 0 Å². The topological polar surface area (TPSA) is 58.5 Å². The van der Waals surface area contributed by atoms with Gasteiger partial charge in [0.2, 0.25) is 0 Å². The lowest BCUT2D eigenvalue weighted by atomic mass is 9.90. The van der Waals surface area contributed by atoms with Gasteiger partial charge in [-0.3, -0.25) is 0 Å². The quantitative estimate of drug-likeness (QED) is 0.644. The number of fused-ring (bicyclic) bond motifs is 1. The van der Waals surface area contributed by atoms with E-state index in [2.05, 4.69) is 55.4 Å². The van der Waals surface area contributed by atoms with Crippen molar-refractivity contribution in [1.29, 1.82) is 0 Å². The van der Waals surface area contributed by atoms with E-state index in [1.165, 1.54) is 10.4 Å². The molecule has 0 aliphatic carbocycles. The Kier molecular flexibility index (Phi) is 5.27. The largest absolute Gasteiger partial charge is 0.487 e. The van der Waals surface area contributed by atoms with Crippen LogP contribution in [0.3, 0.4) is 0 Å². The molecule has 0 bridgehead atoms. The third-order valence-corrected chi connectivity index (χ3v) is 4.97. The molecule has 1 aromatic heterocycles. The molecule has 1 aliphatic rings. The summed E-state index contributed by atoms with van der Waals surface area (Å²) in [6, 6.07) is 8.39. The highest BCUT2D eigenvalue weighted by atomic mass is 32.1. The van der Waals surface area contributed by atoms with E-state index in [9.17, 15) is 0 Å². The second-order valence-corrected chi connectivity index (χ2v) is 8.18. The number of benzene rings is 1. The van der Waals surface area contributed by atoms with Gasteiger partial charge < -0.3 is 15.4 Å². The predicted octanol–water partition coefficient (Wildman–Crippen LogP) is 3.81. The van der Waals surface area contributed by atoms with Gasteiger partial charge in [0, 0.05) is 29.6 Å². The van der Waals surface area contributed by atoms with Gasteiger partial charge in [-0.25, -0.2) is 9.98 Å². The first-order valence-electron chi connectivity index (χ1n) is 8.71. The third-order valence-electron chi connectivity index (χ3n) is 4.07. The minimum absolute atomic E-state index is 0.163. The molecule has 2 aromatic rings. The smallest absolute Gasteiger partial charge is 0.192 e. The van der Waals surface area contributed by atoms with Gasteiger partial charge in [0.1, 0.15) is 16.4 Å². The number of aromatic nitrogens is 1. The molecule has 1 aromatic carbocycles. The summed E-state index contributed by atoms with van der Waals surface area (Å²) in [7, 11) is 0. The van der Waals surface area contributed by atoms with Crippen LogP contribution in [0.15, 0.2) is 35.5 Å². The number of thiazole rings is 1. The minimum Gasteiger partial charge on any atom is -0.487 e. The van der Waals surface area contributed by atoms with Gasteiger partial charge in [0.05, 0.1) is 12.6 Å². The molecule has 6 heteroatoms. The summed E-state index contributed by atoms with van der Waals surface area (Å²) >= 11 is 1.69. The SMILES string of the molecule is CCNC(=NCc1ncc(C)s1)NC1CC(C)(C)Oc2ccccc21. The lowest BCUT2D eigenvalue weighted by Crippen LogP contribution is -2.45. The molecule has 0 fully saturated rings. The lowest BCUT2D eigenvalue weighted by Gasteiger charge is -2.38. The van der Waals surface area contributed by atoms with Crippen molar-refractivity contribution in [3.05, 3.63) is 45.9 Å². The van der Waals surface area contributed by atoms with Crippen molar-refractivity contribution in [2.45, 2.75) is 52.3 Å². The molecule has 1 aliphatic heterocycles. The number of rotatable bonds is 4. The molecule has 2 heterocycles. The Morgan fingerprint density at radius 1 is 1.40 bits per heavy atom. The highest BCUT2D eigenvalue weighted by Gasteiger charge is 2.33. The third kappa shape index (κ3) is 4.51. The highest BCUT2D eigenvalue weighted by molar-refractivity contribution is 7.11. The Balaban J connectivity index is 1.79. The molecule has 0 saturated carbocycles. The van der Waals surface area contributed by atoms with E-state index in [4.69, 9.17) is 9.73 Å². The zero-order valence-corrected chi connectivity index (χ0v) is 16.1. The number of guanidine groups is 1.